The molecular weight excluding hydrogens is 384 g/mol. The number of thiophene rings is 1. The predicted octanol–water partition coefficient (Wildman–Crippen LogP) is 3.04. The minimum Gasteiger partial charge on any atom is -0.340 e. The molecule has 1 unspecified atom stereocenters. The standard InChI is InChI=1S/C19H27ClN4O2S/c1-18(2,3)11-13(22-17(26)14-5-6-15(20)27-14)16(25)23-19(12-21)7-9-24(4)10-8-19/h5-6,13H,7-11H2,1-4H3,(H,22,26)(H,23,25). The third-order valence-electron chi connectivity index (χ3n) is 4.65. The highest BCUT2D eigenvalue weighted by Gasteiger charge is 2.38. The average Bonchev–Trinajstić information content (AvgIpc) is 3.02. The zero-order valence-corrected chi connectivity index (χ0v) is 17.8. The van der Waals surface area contributed by atoms with Crippen molar-refractivity contribution < 1.29 is 9.59 Å². The van der Waals surface area contributed by atoms with Crippen LogP contribution in [0.2, 0.25) is 4.34 Å². The van der Waals surface area contributed by atoms with E-state index in [2.05, 4.69) is 21.6 Å². The Balaban J connectivity index is 2.13. The molecule has 1 atom stereocenters. The number of carbonyl (C=O) groups excluding carboxylic acids is 2. The number of likely N-dealkylation sites (tertiary alicyclic amines) is 1. The van der Waals surface area contributed by atoms with Crippen molar-refractivity contribution >= 4 is 34.8 Å². The molecule has 0 spiro atoms. The SMILES string of the molecule is CN1CCC(C#N)(NC(=O)C(CC(C)(C)C)NC(=O)c2ccc(Cl)s2)CC1. The number of carbonyl (C=O) groups is 2. The van der Waals surface area contributed by atoms with Gasteiger partial charge in [0.2, 0.25) is 5.91 Å². The van der Waals surface area contributed by atoms with Gasteiger partial charge in [-0.1, -0.05) is 32.4 Å². The van der Waals surface area contributed by atoms with Crippen LogP contribution in [0.1, 0.15) is 49.7 Å². The van der Waals surface area contributed by atoms with E-state index in [4.69, 9.17) is 11.6 Å². The molecule has 0 radical (unpaired) electrons. The van der Waals surface area contributed by atoms with E-state index in [1.165, 1.54) is 11.3 Å². The van der Waals surface area contributed by atoms with Gasteiger partial charge in [0.1, 0.15) is 11.6 Å². The zero-order valence-electron chi connectivity index (χ0n) is 16.3. The Bertz CT molecular complexity index is 727. The van der Waals surface area contributed by atoms with E-state index >= 15 is 0 Å². The molecule has 1 aromatic rings. The number of hydrogen-bond donors (Lipinski definition) is 2. The highest BCUT2D eigenvalue weighted by atomic mass is 35.5. The number of halogens is 1. The van der Waals surface area contributed by atoms with Crippen LogP contribution in [0.5, 0.6) is 0 Å². The van der Waals surface area contributed by atoms with Crippen LogP contribution in [0, 0.1) is 16.7 Å². The van der Waals surface area contributed by atoms with E-state index in [0.29, 0.717) is 28.5 Å². The lowest BCUT2D eigenvalue weighted by atomic mass is 9.85. The monoisotopic (exact) mass is 410 g/mol. The normalized spacial score (nSPS) is 18.4. The summed E-state index contributed by atoms with van der Waals surface area (Å²) in [6, 6.07) is 4.87. The average molecular weight is 411 g/mol. The number of amides is 2. The first-order valence-electron chi connectivity index (χ1n) is 9.02. The molecule has 27 heavy (non-hydrogen) atoms. The lowest BCUT2D eigenvalue weighted by Crippen LogP contribution is -2.59. The lowest BCUT2D eigenvalue weighted by molar-refractivity contribution is -0.125. The Morgan fingerprint density at radius 2 is 2.00 bits per heavy atom. The van der Waals surface area contributed by atoms with Crippen molar-refractivity contribution in [1.29, 1.82) is 5.26 Å². The van der Waals surface area contributed by atoms with Crippen LogP contribution in [0.4, 0.5) is 0 Å². The number of hydrogen-bond acceptors (Lipinski definition) is 5. The topological polar surface area (TPSA) is 85.2 Å². The Kier molecular flexibility index (Phi) is 6.90. The molecule has 148 valence electrons. The molecule has 0 bridgehead atoms. The third-order valence-corrected chi connectivity index (χ3v) is 5.88. The fourth-order valence-electron chi connectivity index (χ4n) is 3.08. The first-order chi connectivity index (χ1) is 12.5. The molecule has 0 saturated carbocycles. The summed E-state index contributed by atoms with van der Waals surface area (Å²) in [4.78, 5) is 28.1. The molecule has 1 saturated heterocycles. The summed E-state index contributed by atoms with van der Waals surface area (Å²) in [5.41, 5.74) is -1.05. The highest BCUT2D eigenvalue weighted by molar-refractivity contribution is 7.18. The second kappa shape index (κ2) is 8.59. The summed E-state index contributed by atoms with van der Waals surface area (Å²) in [6.45, 7) is 7.53. The van der Waals surface area contributed by atoms with Crippen molar-refractivity contribution in [3.63, 3.8) is 0 Å². The van der Waals surface area contributed by atoms with Gasteiger partial charge >= 0.3 is 0 Å². The quantitative estimate of drug-likeness (QED) is 0.781. The molecule has 2 N–H and O–H groups in total. The lowest BCUT2D eigenvalue weighted by Gasteiger charge is -2.37. The van der Waals surface area contributed by atoms with E-state index in [1.54, 1.807) is 12.1 Å². The van der Waals surface area contributed by atoms with Gasteiger partial charge in [-0.3, -0.25) is 9.59 Å². The minimum absolute atomic E-state index is 0.172. The molecule has 0 aliphatic carbocycles. The summed E-state index contributed by atoms with van der Waals surface area (Å²) in [5.74, 6) is -0.641. The summed E-state index contributed by atoms with van der Waals surface area (Å²) in [5, 5.41) is 15.4. The fourth-order valence-corrected chi connectivity index (χ4v) is 4.02. The number of nitriles is 1. The van der Waals surface area contributed by atoms with Crippen LogP contribution in [0.25, 0.3) is 0 Å². The second-order valence-corrected chi connectivity index (χ2v) is 10.1. The van der Waals surface area contributed by atoms with Gasteiger partial charge in [-0.2, -0.15) is 5.26 Å². The van der Waals surface area contributed by atoms with Crippen LogP contribution in [0.3, 0.4) is 0 Å². The molecule has 0 aromatic carbocycles. The Hall–Kier alpha value is -1.62. The summed E-state index contributed by atoms with van der Waals surface area (Å²) in [7, 11) is 2.00. The maximum absolute atomic E-state index is 13.0. The van der Waals surface area contributed by atoms with Crippen molar-refractivity contribution in [3.05, 3.63) is 21.3 Å². The number of nitrogens with one attached hydrogen (secondary N) is 2. The Morgan fingerprint density at radius 1 is 1.37 bits per heavy atom. The summed E-state index contributed by atoms with van der Waals surface area (Å²) < 4.78 is 0.520. The molecular formula is C19H27ClN4O2S. The Labute approximate surface area is 169 Å². The summed E-state index contributed by atoms with van der Waals surface area (Å²) in [6.07, 6.45) is 1.61. The first kappa shape index (κ1) is 21.7. The van der Waals surface area contributed by atoms with Crippen LogP contribution in [-0.2, 0) is 4.79 Å². The van der Waals surface area contributed by atoms with Crippen LogP contribution < -0.4 is 10.6 Å². The zero-order chi connectivity index (χ0) is 20.2. The molecule has 6 nitrogen and oxygen atoms in total. The number of nitrogens with zero attached hydrogens (tertiary/aromatic N) is 2. The Morgan fingerprint density at radius 3 is 2.48 bits per heavy atom. The molecule has 1 aliphatic heterocycles. The van der Waals surface area contributed by atoms with E-state index in [9.17, 15) is 14.9 Å². The largest absolute Gasteiger partial charge is 0.340 e. The van der Waals surface area contributed by atoms with E-state index < -0.39 is 11.6 Å². The van der Waals surface area contributed by atoms with Crippen molar-refractivity contribution in [2.24, 2.45) is 5.41 Å². The van der Waals surface area contributed by atoms with E-state index in [1.807, 2.05) is 27.8 Å². The van der Waals surface area contributed by atoms with E-state index in [0.717, 1.165) is 13.1 Å². The molecule has 8 heteroatoms. The van der Waals surface area contributed by atoms with Crippen molar-refractivity contribution in [2.75, 3.05) is 20.1 Å². The smallest absolute Gasteiger partial charge is 0.262 e. The van der Waals surface area contributed by atoms with Crippen molar-refractivity contribution in [3.8, 4) is 6.07 Å². The molecule has 1 aromatic heterocycles. The number of rotatable bonds is 5. The van der Waals surface area contributed by atoms with Crippen LogP contribution >= 0.6 is 22.9 Å². The van der Waals surface area contributed by atoms with Crippen molar-refractivity contribution in [2.45, 2.75) is 51.6 Å². The molecule has 1 fully saturated rings. The number of piperidine rings is 1. The molecule has 2 heterocycles. The van der Waals surface area contributed by atoms with Gasteiger partial charge in [-0.15, -0.1) is 11.3 Å². The maximum Gasteiger partial charge on any atom is 0.262 e. The second-order valence-electron chi connectivity index (χ2n) is 8.38. The third kappa shape index (κ3) is 6.20. The van der Waals surface area contributed by atoms with Gasteiger partial charge in [0, 0.05) is 13.1 Å². The highest BCUT2D eigenvalue weighted by Crippen LogP contribution is 2.25. The van der Waals surface area contributed by atoms with Gasteiger partial charge < -0.3 is 15.5 Å². The molecule has 2 rings (SSSR count). The van der Waals surface area contributed by atoms with Gasteiger partial charge in [-0.05, 0) is 43.9 Å². The molecule has 1 aliphatic rings. The maximum atomic E-state index is 13.0. The summed E-state index contributed by atoms with van der Waals surface area (Å²) >= 11 is 7.08. The minimum atomic E-state index is -0.878. The van der Waals surface area contributed by atoms with Crippen LogP contribution in [0.15, 0.2) is 12.1 Å². The predicted molar refractivity (Wildman–Crippen MR) is 108 cm³/mol. The fraction of sp³-hybridized carbons (Fsp3) is 0.632. The first-order valence-corrected chi connectivity index (χ1v) is 10.2. The van der Waals surface area contributed by atoms with Crippen LogP contribution in [-0.4, -0.2) is 48.4 Å². The van der Waals surface area contributed by atoms with Gasteiger partial charge in [0.25, 0.3) is 5.91 Å². The van der Waals surface area contributed by atoms with Gasteiger partial charge in [0.05, 0.1) is 15.3 Å². The van der Waals surface area contributed by atoms with E-state index in [-0.39, 0.29) is 17.2 Å². The van der Waals surface area contributed by atoms with Gasteiger partial charge in [0.15, 0.2) is 0 Å². The van der Waals surface area contributed by atoms with Crippen molar-refractivity contribution in [1.82, 2.24) is 15.5 Å². The van der Waals surface area contributed by atoms with Gasteiger partial charge in [-0.25, -0.2) is 0 Å². The molecule has 2 amide bonds.